The molecule has 6 nitrogen and oxygen atoms in total. The minimum Gasteiger partial charge on any atom is -0.322 e. The highest BCUT2D eigenvalue weighted by Crippen LogP contribution is 2.25. The number of nitrogens with zero attached hydrogens (tertiary/aromatic N) is 2. The van der Waals surface area contributed by atoms with Crippen LogP contribution in [-0.4, -0.2) is 55.8 Å². The van der Waals surface area contributed by atoms with Crippen LogP contribution in [0.25, 0.3) is 0 Å². The topological polar surface area (TPSA) is 69.7 Å². The zero-order valence-corrected chi connectivity index (χ0v) is 17.2. The zero-order valence-electron chi connectivity index (χ0n) is 15.6. The molecule has 156 valence electrons. The average Bonchev–Trinajstić information content (AvgIpc) is 2.70. The number of carbonyl (C=O) groups excluding carboxylic acids is 1. The summed E-state index contributed by atoms with van der Waals surface area (Å²) in [5.41, 5.74) is -0.234. The summed E-state index contributed by atoms with van der Waals surface area (Å²) in [6.07, 6.45) is 0. The van der Waals surface area contributed by atoms with Crippen LogP contribution in [0.3, 0.4) is 0 Å². The molecule has 2 aromatic carbocycles. The fourth-order valence-electron chi connectivity index (χ4n) is 3.12. The number of piperazine rings is 1. The average molecular weight is 444 g/mol. The van der Waals surface area contributed by atoms with E-state index in [4.69, 9.17) is 11.6 Å². The lowest BCUT2D eigenvalue weighted by Crippen LogP contribution is -2.54. The van der Waals surface area contributed by atoms with Gasteiger partial charge in [-0.3, -0.25) is 9.69 Å². The van der Waals surface area contributed by atoms with Crippen molar-refractivity contribution in [1.29, 1.82) is 0 Å². The minimum absolute atomic E-state index is 0.0440. The van der Waals surface area contributed by atoms with E-state index in [0.29, 0.717) is 13.1 Å². The van der Waals surface area contributed by atoms with Gasteiger partial charge in [-0.05, 0) is 31.2 Å². The van der Waals surface area contributed by atoms with Crippen LogP contribution < -0.4 is 5.32 Å². The molecule has 3 rings (SSSR count). The lowest BCUT2D eigenvalue weighted by atomic mass is 10.2. The molecule has 0 aliphatic carbocycles. The molecule has 1 atom stereocenters. The number of hydrogen-bond acceptors (Lipinski definition) is 4. The molecule has 1 heterocycles. The lowest BCUT2D eigenvalue weighted by molar-refractivity contribution is -0.121. The number of carbonyl (C=O) groups is 1. The summed E-state index contributed by atoms with van der Waals surface area (Å²) < 4.78 is 53.9. The van der Waals surface area contributed by atoms with Gasteiger partial charge >= 0.3 is 0 Å². The molecule has 0 aromatic heterocycles. The van der Waals surface area contributed by atoms with Crippen LogP contribution in [0.4, 0.5) is 14.5 Å². The molecule has 1 aliphatic heterocycles. The van der Waals surface area contributed by atoms with Crippen molar-refractivity contribution >= 4 is 33.2 Å². The summed E-state index contributed by atoms with van der Waals surface area (Å²) in [7, 11) is -3.74. The highest BCUT2D eigenvalue weighted by Gasteiger charge is 2.32. The van der Waals surface area contributed by atoms with Crippen LogP contribution in [-0.2, 0) is 14.8 Å². The Morgan fingerprint density at radius 2 is 1.76 bits per heavy atom. The smallest absolute Gasteiger partial charge is 0.244 e. The first kappa shape index (κ1) is 21.6. The SMILES string of the molecule is CC(C(=O)Nc1cc(F)ccc1F)N1CCN(S(=O)(=O)c2ccccc2Cl)CC1. The molecule has 0 radical (unpaired) electrons. The Bertz CT molecular complexity index is 1010. The van der Waals surface area contributed by atoms with Gasteiger partial charge in [-0.15, -0.1) is 0 Å². The molecule has 0 saturated carbocycles. The van der Waals surface area contributed by atoms with Crippen molar-refractivity contribution < 1.29 is 22.0 Å². The van der Waals surface area contributed by atoms with Crippen molar-refractivity contribution in [3.05, 3.63) is 59.1 Å². The van der Waals surface area contributed by atoms with Crippen LogP contribution in [0.1, 0.15) is 6.92 Å². The summed E-state index contributed by atoms with van der Waals surface area (Å²) in [6, 6.07) is 8.39. The van der Waals surface area contributed by atoms with Gasteiger partial charge < -0.3 is 5.32 Å². The molecule has 2 aromatic rings. The van der Waals surface area contributed by atoms with E-state index < -0.39 is 33.6 Å². The molecule has 1 fully saturated rings. The highest BCUT2D eigenvalue weighted by atomic mass is 35.5. The van der Waals surface area contributed by atoms with Gasteiger partial charge in [0.2, 0.25) is 15.9 Å². The van der Waals surface area contributed by atoms with Gasteiger partial charge in [0, 0.05) is 32.2 Å². The molecule has 0 bridgehead atoms. The lowest BCUT2D eigenvalue weighted by Gasteiger charge is -2.36. The van der Waals surface area contributed by atoms with Gasteiger partial charge in [-0.25, -0.2) is 17.2 Å². The molecule has 1 saturated heterocycles. The maximum Gasteiger partial charge on any atom is 0.244 e. The van der Waals surface area contributed by atoms with Crippen molar-refractivity contribution in [3.8, 4) is 0 Å². The van der Waals surface area contributed by atoms with E-state index in [1.54, 1.807) is 24.0 Å². The fourth-order valence-corrected chi connectivity index (χ4v) is 5.04. The Labute approximate surface area is 173 Å². The van der Waals surface area contributed by atoms with Crippen molar-refractivity contribution in [1.82, 2.24) is 9.21 Å². The van der Waals surface area contributed by atoms with Crippen LogP contribution in [0.2, 0.25) is 5.02 Å². The third-order valence-corrected chi connectivity index (χ3v) is 7.24. The Morgan fingerprint density at radius 1 is 1.10 bits per heavy atom. The predicted molar refractivity (Wildman–Crippen MR) is 106 cm³/mol. The van der Waals surface area contributed by atoms with Gasteiger partial charge in [-0.1, -0.05) is 23.7 Å². The van der Waals surface area contributed by atoms with Gasteiger partial charge in [0.25, 0.3) is 0 Å². The first-order chi connectivity index (χ1) is 13.7. The number of halogens is 3. The standard InChI is InChI=1S/C19H20ClF2N3O3S/c1-13(19(26)23-17-12-14(21)6-7-16(17)22)24-8-10-25(11-9-24)29(27,28)18-5-3-2-4-15(18)20/h2-7,12-13H,8-11H2,1H3,(H,23,26). The Morgan fingerprint density at radius 3 is 2.41 bits per heavy atom. The number of amides is 1. The second kappa shape index (κ2) is 8.74. The van der Waals surface area contributed by atoms with Crippen molar-refractivity contribution in [2.75, 3.05) is 31.5 Å². The zero-order chi connectivity index (χ0) is 21.2. The quantitative estimate of drug-likeness (QED) is 0.771. The van der Waals surface area contributed by atoms with Gasteiger partial charge in [0.15, 0.2) is 0 Å². The van der Waals surface area contributed by atoms with Crippen molar-refractivity contribution in [2.45, 2.75) is 17.9 Å². The maximum atomic E-state index is 13.7. The second-order valence-electron chi connectivity index (χ2n) is 6.66. The summed E-state index contributed by atoms with van der Waals surface area (Å²) >= 11 is 6.02. The molecule has 29 heavy (non-hydrogen) atoms. The molecule has 10 heteroatoms. The Kier molecular flexibility index (Phi) is 6.52. The summed E-state index contributed by atoms with van der Waals surface area (Å²) in [6.45, 7) is 2.61. The minimum atomic E-state index is -3.74. The van der Waals surface area contributed by atoms with E-state index >= 15 is 0 Å². The maximum absolute atomic E-state index is 13.7. The largest absolute Gasteiger partial charge is 0.322 e. The molecular weight excluding hydrogens is 424 g/mol. The van der Waals surface area contributed by atoms with Gasteiger partial charge in [0.1, 0.15) is 16.5 Å². The van der Waals surface area contributed by atoms with E-state index in [-0.39, 0.29) is 28.7 Å². The summed E-state index contributed by atoms with van der Waals surface area (Å²) in [4.78, 5) is 14.3. The van der Waals surface area contributed by atoms with E-state index in [1.165, 1.54) is 16.4 Å². The monoisotopic (exact) mass is 443 g/mol. The molecule has 1 N–H and O–H groups in total. The number of anilines is 1. The summed E-state index contributed by atoms with van der Waals surface area (Å²) in [5, 5.41) is 2.53. The molecular formula is C19H20ClF2N3O3S. The molecule has 0 spiro atoms. The van der Waals surface area contributed by atoms with Crippen LogP contribution in [0.15, 0.2) is 47.4 Å². The van der Waals surface area contributed by atoms with Crippen molar-refractivity contribution in [2.24, 2.45) is 0 Å². The number of rotatable bonds is 5. The number of nitrogens with one attached hydrogen (secondary N) is 1. The second-order valence-corrected chi connectivity index (χ2v) is 8.97. The first-order valence-corrected chi connectivity index (χ1v) is 10.8. The van der Waals surface area contributed by atoms with Gasteiger partial charge in [0.05, 0.1) is 16.8 Å². The van der Waals surface area contributed by atoms with E-state index in [0.717, 1.165) is 18.2 Å². The van der Waals surface area contributed by atoms with E-state index in [1.807, 2.05) is 0 Å². The van der Waals surface area contributed by atoms with Crippen LogP contribution >= 0.6 is 11.6 Å². The van der Waals surface area contributed by atoms with Gasteiger partial charge in [-0.2, -0.15) is 4.31 Å². The van der Waals surface area contributed by atoms with E-state index in [9.17, 15) is 22.0 Å². The Hall–Kier alpha value is -2.07. The normalized spacial score (nSPS) is 17.1. The molecule has 1 aliphatic rings. The fraction of sp³-hybridized carbons (Fsp3) is 0.316. The molecule has 1 unspecified atom stereocenters. The third-order valence-electron chi connectivity index (χ3n) is 4.84. The first-order valence-electron chi connectivity index (χ1n) is 8.95. The molecule has 1 amide bonds. The van der Waals surface area contributed by atoms with Crippen LogP contribution in [0.5, 0.6) is 0 Å². The third kappa shape index (κ3) is 4.75. The van der Waals surface area contributed by atoms with Crippen molar-refractivity contribution in [3.63, 3.8) is 0 Å². The number of sulfonamides is 1. The number of benzene rings is 2. The predicted octanol–water partition coefficient (Wildman–Crippen LogP) is 2.95. The number of hydrogen-bond donors (Lipinski definition) is 1. The highest BCUT2D eigenvalue weighted by molar-refractivity contribution is 7.89. The van der Waals surface area contributed by atoms with Crippen LogP contribution in [0, 0.1) is 11.6 Å². The summed E-state index contributed by atoms with van der Waals surface area (Å²) in [5.74, 6) is -1.90. The Balaban J connectivity index is 1.63. The van der Waals surface area contributed by atoms with E-state index in [2.05, 4.69) is 5.32 Å².